The molecule has 0 N–H and O–H groups in total. The van der Waals surface area contributed by atoms with Gasteiger partial charge in [-0.1, -0.05) is 39.5 Å². The van der Waals surface area contributed by atoms with Crippen LogP contribution >= 0.6 is 0 Å². The number of ether oxygens (including phenoxy) is 9. The van der Waals surface area contributed by atoms with Gasteiger partial charge in [0.1, 0.15) is 47.5 Å². The molecule has 0 spiro atoms. The predicted octanol–water partition coefficient (Wildman–Crippen LogP) is 2.44. The van der Waals surface area contributed by atoms with Crippen LogP contribution in [0.5, 0.6) is 0 Å². The largest absolute Gasteiger partial charge is 0.462 e. The van der Waals surface area contributed by atoms with Gasteiger partial charge in [-0.3, -0.25) is 0 Å². The quantitative estimate of drug-likeness (QED) is 0.0472. The van der Waals surface area contributed by atoms with E-state index < -0.39 is 77.6 Å². The first-order chi connectivity index (χ1) is 24.3. The zero-order chi connectivity index (χ0) is 39.8. The fourth-order valence-corrected chi connectivity index (χ4v) is 3.66. The van der Waals surface area contributed by atoms with E-state index in [2.05, 4.69) is 39.5 Å². The fourth-order valence-electron chi connectivity index (χ4n) is 3.66. The molecule has 0 saturated heterocycles. The summed E-state index contributed by atoms with van der Waals surface area (Å²) in [5.74, 6) is -4.64. The summed E-state index contributed by atoms with van der Waals surface area (Å²) in [5.41, 5.74) is -5.02. The van der Waals surface area contributed by atoms with Gasteiger partial charge in [-0.15, -0.1) is 0 Å². The van der Waals surface area contributed by atoms with Crippen LogP contribution in [0.1, 0.15) is 27.2 Å². The maximum absolute atomic E-state index is 11.9. The van der Waals surface area contributed by atoms with Crippen LogP contribution in [0.4, 0.5) is 0 Å². The zero-order valence-corrected chi connectivity index (χ0v) is 30.2. The average Bonchev–Trinajstić information content (AvgIpc) is 3.13. The first-order valence-corrected chi connectivity index (χ1v) is 15.8. The van der Waals surface area contributed by atoms with Crippen molar-refractivity contribution in [2.24, 2.45) is 10.8 Å². The van der Waals surface area contributed by atoms with Crippen molar-refractivity contribution >= 4 is 43.7 Å². The minimum absolute atomic E-state index is 0.0364. The third-order valence-corrected chi connectivity index (χ3v) is 6.83. The van der Waals surface area contributed by atoms with E-state index in [0.717, 1.165) is 36.5 Å². The Kier molecular flexibility index (Phi) is 21.5. The molecule has 0 heterocycles. The van der Waals surface area contributed by atoms with Gasteiger partial charge in [0, 0.05) is 48.6 Å². The lowest BCUT2D eigenvalue weighted by Gasteiger charge is -2.36. The highest BCUT2D eigenvalue weighted by Gasteiger charge is 2.39. The van der Waals surface area contributed by atoms with E-state index in [0.29, 0.717) is 0 Å². The molecule has 286 valence electrons. The molecule has 0 bridgehead atoms. The summed E-state index contributed by atoms with van der Waals surface area (Å²) in [6.45, 7) is 22.2. The monoisotopic (exact) mass is 732 g/mol. The van der Waals surface area contributed by atoms with Crippen LogP contribution in [0, 0.1) is 10.8 Å². The Morgan fingerprint density at radius 3 is 1.04 bits per heavy atom. The molecule has 0 aliphatic rings. The molecule has 1 unspecified atom stereocenters. The third-order valence-electron chi connectivity index (χ3n) is 6.83. The molecular formula is C36H49BO15. The Morgan fingerprint density at radius 1 is 0.462 bits per heavy atom. The van der Waals surface area contributed by atoms with Gasteiger partial charge in [-0.2, -0.15) is 0 Å². The molecule has 0 aliphatic heterocycles. The van der Waals surface area contributed by atoms with Crippen LogP contribution in [0.15, 0.2) is 75.9 Å². The summed E-state index contributed by atoms with van der Waals surface area (Å²) in [5, 5.41) is 0. The van der Waals surface area contributed by atoms with Gasteiger partial charge in [-0.05, 0) is 27.2 Å². The molecule has 0 fully saturated rings. The SMILES string of the molecule is [B]C(C)(COCC(COC(=O)C=C)(COC(=O)C=C)COC(=O)C=C)OCCC(C)(C)OCC(COC(=O)C=C)(COC(=O)C=C)COC(=O)C=C. The highest BCUT2D eigenvalue weighted by molar-refractivity contribution is 6.14. The minimum atomic E-state index is -1.39. The molecule has 15 nitrogen and oxygen atoms in total. The van der Waals surface area contributed by atoms with Crippen molar-refractivity contribution in [1.82, 2.24) is 0 Å². The average molecular weight is 733 g/mol. The van der Waals surface area contributed by atoms with Crippen LogP contribution in [-0.2, 0) is 71.4 Å². The van der Waals surface area contributed by atoms with E-state index in [1.54, 1.807) is 13.8 Å². The molecule has 0 aromatic rings. The second kappa shape index (κ2) is 23.6. The number of rotatable bonds is 29. The summed E-state index contributed by atoms with van der Waals surface area (Å²) >= 11 is 0. The van der Waals surface area contributed by atoms with Gasteiger partial charge in [0.2, 0.25) is 0 Å². The topological polar surface area (TPSA) is 185 Å². The molecule has 0 aromatic heterocycles. The molecule has 0 aromatic carbocycles. The Morgan fingerprint density at radius 2 is 0.750 bits per heavy atom. The molecule has 1 atom stereocenters. The van der Waals surface area contributed by atoms with Crippen molar-refractivity contribution in [2.75, 3.05) is 66.1 Å². The normalized spacial score (nSPS) is 12.4. The van der Waals surface area contributed by atoms with Crippen molar-refractivity contribution in [1.29, 1.82) is 0 Å². The first-order valence-electron chi connectivity index (χ1n) is 15.8. The molecule has 0 aliphatic carbocycles. The summed E-state index contributed by atoms with van der Waals surface area (Å²) in [7, 11) is 6.34. The van der Waals surface area contributed by atoms with Crippen molar-refractivity contribution < 1.29 is 71.4 Å². The predicted molar refractivity (Wildman–Crippen MR) is 187 cm³/mol. The van der Waals surface area contributed by atoms with Crippen molar-refractivity contribution in [3.8, 4) is 0 Å². The lowest BCUT2D eigenvalue weighted by atomic mass is 9.84. The van der Waals surface area contributed by atoms with Crippen molar-refractivity contribution in [3.63, 3.8) is 0 Å². The smallest absolute Gasteiger partial charge is 0.330 e. The van der Waals surface area contributed by atoms with E-state index in [1.807, 2.05) is 0 Å². The minimum Gasteiger partial charge on any atom is -0.462 e. The second-order valence-electron chi connectivity index (χ2n) is 12.3. The van der Waals surface area contributed by atoms with Crippen LogP contribution in [0.3, 0.4) is 0 Å². The number of hydrogen-bond donors (Lipinski definition) is 0. The summed E-state index contributed by atoms with van der Waals surface area (Å²) in [6.07, 6.45) is 5.87. The first kappa shape index (κ1) is 47.2. The lowest BCUT2D eigenvalue weighted by Crippen LogP contribution is -2.46. The molecular weight excluding hydrogens is 683 g/mol. The summed E-state index contributed by atoms with van der Waals surface area (Å²) < 4.78 is 49.1. The van der Waals surface area contributed by atoms with Gasteiger partial charge in [0.25, 0.3) is 0 Å². The van der Waals surface area contributed by atoms with Crippen molar-refractivity contribution in [3.05, 3.63) is 75.9 Å². The van der Waals surface area contributed by atoms with E-state index in [1.165, 1.54) is 6.92 Å². The number of carbonyl (C=O) groups is 6. The van der Waals surface area contributed by atoms with E-state index in [9.17, 15) is 28.8 Å². The Balaban J connectivity index is 5.72. The zero-order valence-electron chi connectivity index (χ0n) is 30.2. The molecule has 2 radical (unpaired) electrons. The molecule has 52 heavy (non-hydrogen) atoms. The Labute approximate surface area is 306 Å². The van der Waals surface area contributed by atoms with E-state index in [4.69, 9.17) is 50.5 Å². The molecule has 0 rings (SSSR count). The maximum atomic E-state index is 11.9. The lowest BCUT2D eigenvalue weighted by molar-refractivity contribution is -0.171. The Hall–Kier alpha value is -4.80. The van der Waals surface area contributed by atoms with Gasteiger partial charge >= 0.3 is 35.8 Å². The number of hydrogen-bond acceptors (Lipinski definition) is 15. The van der Waals surface area contributed by atoms with E-state index in [-0.39, 0.29) is 52.7 Å². The standard InChI is InChI=1S/C36H49BO15/c1-10-27(38)45-20-35(21-46-28(39)11-2,22-47-29(40)12-3)19-44-18-34(9,37)51-17-16-33(7,8)52-26-36(23-48-30(41)13-4,24-49-31(42)14-5)25-50-32(43)15-6/h10-15H,1-6,16-26H2,7-9H3. The number of carbonyl (C=O) groups excluding carboxylic acids is 6. The van der Waals surface area contributed by atoms with Crippen molar-refractivity contribution in [2.45, 2.75) is 38.3 Å². The third kappa shape index (κ3) is 20.2. The second-order valence-corrected chi connectivity index (χ2v) is 12.3. The highest BCUT2D eigenvalue weighted by atomic mass is 16.6. The summed E-state index contributed by atoms with van der Waals surface area (Å²) in [4.78, 5) is 71.2. The van der Waals surface area contributed by atoms with E-state index >= 15 is 0 Å². The van der Waals surface area contributed by atoms with Crippen LogP contribution in [0.2, 0.25) is 0 Å². The van der Waals surface area contributed by atoms with Crippen LogP contribution in [0.25, 0.3) is 0 Å². The van der Waals surface area contributed by atoms with Gasteiger partial charge in [-0.25, -0.2) is 28.8 Å². The van der Waals surface area contributed by atoms with Crippen LogP contribution < -0.4 is 0 Å². The highest BCUT2D eigenvalue weighted by Crippen LogP contribution is 2.27. The fraction of sp³-hybridized carbons (Fsp3) is 0.500. The maximum Gasteiger partial charge on any atom is 0.330 e. The molecule has 16 heteroatoms. The molecule has 0 saturated carbocycles. The van der Waals surface area contributed by atoms with Crippen LogP contribution in [-0.4, -0.2) is 121 Å². The Bertz CT molecular complexity index is 1180. The summed E-state index contributed by atoms with van der Waals surface area (Å²) in [6, 6.07) is 0. The van der Waals surface area contributed by atoms with Gasteiger partial charge in [0.05, 0.1) is 36.3 Å². The van der Waals surface area contributed by atoms with Gasteiger partial charge < -0.3 is 42.6 Å². The molecule has 0 amide bonds. The number of esters is 6. The van der Waals surface area contributed by atoms with Gasteiger partial charge in [0.15, 0.2) is 0 Å².